The Morgan fingerprint density at radius 1 is 1.44 bits per heavy atom. The maximum absolute atomic E-state index is 4.42. The summed E-state index contributed by atoms with van der Waals surface area (Å²) in [5.41, 5.74) is 1.37. The second kappa shape index (κ2) is 5.41. The molecular weight excluding hydrogens is 224 g/mol. The van der Waals surface area contributed by atoms with Crippen molar-refractivity contribution in [3.8, 4) is 0 Å². The molecule has 18 heavy (non-hydrogen) atoms. The van der Waals surface area contributed by atoms with Crippen LogP contribution in [0.5, 0.6) is 0 Å². The van der Waals surface area contributed by atoms with Gasteiger partial charge in [0, 0.05) is 37.4 Å². The minimum atomic E-state index is 0.795. The Kier molecular flexibility index (Phi) is 3.66. The predicted octanol–water partition coefficient (Wildman–Crippen LogP) is 1.48. The first-order chi connectivity index (χ1) is 8.85. The molecule has 1 N–H and O–H groups in total. The molecule has 0 spiro atoms. The summed E-state index contributed by atoms with van der Waals surface area (Å²) in [4.78, 5) is 2.60. The van der Waals surface area contributed by atoms with Gasteiger partial charge >= 0.3 is 0 Å². The van der Waals surface area contributed by atoms with Crippen LogP contribution in [0.25, 0.3) is 0 Å². The Bertz CT molecular complexity index is 387. The van der Waals surface area contributed by atoms with Crippen molar-refractivity contribution in [3.63, 3.8) is 0 Å². The third-order valence-corrected chi connectivity index (χ3v) is 4.29. The second-order valence-electron chi connectivity index (χ2n) is 5.74. The van der Waals surface area contributed by atoms with Gasteiger partial charge in [0.25, 0.3) is 0 Å². The van der Waals surface area contributed by atoms with Gasteiger partial charge in [0.1, 0.15) is 0 Å². The molecule has 0 amide bonds. The Balaban J connectivity index is 1.55. The molecule has 2 aliphatic heterocycles. The van der Waals surface area contributed by atoms with E-state index in [0.717, 1.165) is 31.5 Å². The highest BCUT2D eigenvalue weighted by molar-refractivity contribution is 5.04. The molecule has 0 radical (unpaired) electrons. The second-order valence-corrected chi connectivity index (χ2v) is 5.74. The van der Waals surface area contributed by atoms with Crippen LogP contribution in [-0.4, -0.2) is 40.4 Å². The third-order valence-electron chi connectivity index (χ3n) is 4.29. The number of fused-ring (bicyclic) bond motifs is 1. The van der Waals surface area contributed by atoms with Gasteiger partial charge in [-0.2, -0.15) is 5.10 Å². The lowest BCUT2D eigenvalue weighted by molar-refractivity contribution is 0.156. The zero-order chi connectivity index (χ0) is 12.4. The molecule has 3 heterocycles. The number of rotatable bonds is 4. The van der Waals surface area contributed by atoms with Crippen LogP contribution in [0.2, 0.25) is 0 Å². The van der Waals surface area contributed by atoms with Crippen LogP contribution in [0, 0.1) is 5.92 Å². The molecule has 100 valence electrons. The summed E-state index contributed by atoms with van der Waals surface area (Å²) in [7, 11) is 0. The van der Waals surface area contributed by atoms with Crippen molar-refractivity contribution in [1.29, 1.82) is 0 Å². The average Bonchev–Trinajstić information content (AvgIpc) is 2.98. The van der Waals surface area contributed by atoms with Crippen molar-refractivity contribution in [3.05, 3.63) is 18.0 Å². The normalized spacial score (nSPS) is 28.5. The highest BCUT2D eigenvalue weighted by Crippen LogP contribution is 2.25. The summed E-state index contributed by atoms with van der Waals surface area (Å²) < 4.78 is 2.07. The van der Waals surface area contributed by atoms with Gasteiger partial charge in [0.15, 0.2) is 0 Å². The maximum atomic E-state index is 4.42. The molecule has 0 bridgehead atoms. The molecule has 2 aliphatic rings. The zero-order valence-corrected chi connectivity index (χ0v) is 11.3. The van der Waals surface area contributed by atoms with E-state index >= 15 is 0 Å². The SMILES string of the molecule is CCCn1cc(CN2CCC3NCCC3C2)cn1. The minimum absolute atomic E-state index is 0.795. The highest BCUT2D eigenvalue weighted by Gasteiger charge is 2.32. The number of aryl methyl sites for hydroxylation is 1. The van der Waals surface area contributed by atoms with Crippen LogP contribution < -0.4 is 5.32 Å². The molecule has 0 aliphatic carbocycles. The summed E-state index contributed by atoms with van der Waals surface area (Å²) in [5, 5.41) is 8.04. The Morgan fingerprint density at radius 2 is 2.39 bits per heavy atom. The average molecular weight is 248 g/mol. The number of hydrogen-bond donors (Lipinski definition) is 1. The van der Waals surface area contributed by atoms with E-state index in [-0.39, 0.29) is 0 Å². The monoisotopic (exact) mass is 248 g/mol. The fourth-order valence-electron chi connectivity index (χ4n) is 3.36. The molecule has 2 atom stereocenters. The van der Waals surface area contributed by atoms with Crippen molar-refractivity contribution < 1.29 is 0 Å². The number of nitrogens with zero attached hydrogens (tertiary/aromatic N) is 3. The summed E-state index contributed by atoms with van der Waals surface area (Å²) in [6, 6.07) is 0.795. The maximum Gasteiger partial charge on any atom is 0.0534 e. The minimum Gasteiger partial charge on any atom is -0.314 e. The van der Waals surface area contributed by atoms with Crippen LogP contribution in [-0.2, 0) is 13.1 Å². The Labute approximate surface area is 109 Å². The van der Waals surface area contributed by atoms with E-state index in [1.165, 1.54) is 38.0 Å². The molecule has 0 saturated carbocycles. The lowest BCUT2D eigenvalue weighted by Crippen LogP contribution is -2.43. The third kappa shape index (κ3) is 2.59. The van der Waals surface area contributed by atoms with Gasteiger partial charge < -0.3 is 5.32 Å². The van der Waals surface area contributed by atoms with Crippen molar-refractivity contribution in [2.24, 2.45) is 5.92 Å². The standard InChI is InChI=1S/C14H24N4/c1-2-6-18-10-12(8-16-18)9-17-7-4-14-13(11-17)3-5-15-14/h8,10,13-15H,2-7,9,11H2,1H3. The van der Waals surface area contributed by atoms with Gasteiger partial charge in [-0.3, -0.25) is 9.58 Å². The number of aromatic nitrogens is 2. The summed E-state index contributed by atoms with van der Waals surface area (Å²) in [5.74, 6) is 0.879. The van der Waals surface area contributed by atoms with E-state index in [1.54, 1.807) is 0 Å². The zero-order valence-electron chi connectivity index (χ0n) is 11.3. The fourth-order valence-corrected chi connectivity index (χ4v) is 3.36. The molecule has 1 aromatic rings. The number of likely N-dealkylation sites (tertiary alicyclic amines) is 1. The van der Waals surface area contributed by atoms with Gasteiger partial charge in [-0.1, -0.05) is 6.92 Å². The van der Waals surface area contributed by atoms with Crippen LogP contribution >= 0.6 is 0 Å². The van der Waals surface area contributed by atoms with E-state index in [4.69, 9.17) is 0 Å². The van der Waals surface area contributed by atoms with Crippen molar-refractivity contribution in [2.75, 3.05) is 19.6 Å². The van der Waals surface area contributed by atoms with Gasteiger partial charge in [-0.15, -0.1) is 0 Å². The molecular formula is C14H24N4. The van der Waals surface area contributed by atoms with Crippen molar-refractivity contribution >= 4 is 0 Å². The van der Waals surface area contributed by atoms with Crippen LogP contribution in [0.3, 0.4) is 0 Å². The highest BCUT2D eigenvalue weighted by atomic mass is 15.3. The van der Waals surface area contributed by atoms with E-state index in [0.29, 0.717) is 0 Å². The molecule has 3 rings (SSSR count). The largest absolute Gasteiger partial charge is 0.314 e. The smallest absolute Gasteiger partial charge is 0.0534 e. The molecule has 4 nitrogen and oxygen atoms in total. The van der Waals surface area contributed by atoms with Gasteiger partial charge in [-0.25, -0.2) is 0 Å². The number of hydrogen-bond acceptors (Lipinski definition) is 3. The predicted molar refractivity (Wildman–Crippen MR) is 72.3 cm³/mol. The Morgan fingerprint density at radius 3 is 3.28 bits per heavy atom. The van der Waals surface area contributed by atoms with Crippen molar-refractivity contribution in [2.45, 2.75) is 45.3 Å². The summed E-state index contributed by atoms with van der Waals surface area (Å²) in [6.45, 7) is 8.02. The molecule has 4 heteroatoms. The van der Waals surface area contributed by atoms with E-state index < -0.39 is 0 Å². The van der Waals surface area contributed by atoms with Gasteiger partial charge in [0.05, 0.1) is 6.20 Å². The Hall–Kier alpha value is -0.870. The number of nitrogens with one attached hydrogen (secondary N) is 1. The van der Waals surface area contributed by atoms with Crippen LogP contribution in [0.15, 0.2) is 12.4 Å². The van der Waals surface area contributed by atoms with Crippen molar-refractivity contribution in [1.82, 2.24) is 20.0 Å². The van der Waals surface area contributed by atoms with E-state index in [1.807, 2.05) is 6.20 Å². The quantitative estimate of drug-likeness (QED) is 0.876. The topological polar surface area (TPSA) is 33.1 Å². The van der Waals surface area contributed by atoms with E-state index in [2.05, 4.69) is 33.1 Å². The molecule has 1 aromatic heterocycles. The lowest BCUT2D eigenvalue weighted by atomic mass is 9.93. The van der Waals surface area contributed by atoms with E-state index in [9.17, 15) is 0 Å². The molecule has 2 fully saturated rings. The molecule has 0 aromatic carbocycles. The molecule has 2 unspecified atom stereocenters. The van der Waals surface area contributed by atoms with Crippen LogP contribution in [0.4, 0.5) is 0 Å². The summed E-state index contributed by atoms with van der Waals surface area (Å²) >= 11 is 0. The first-order valence-electron chi connectivity index (χ1n) is 7.32. The number of piperidine rings is 1. The molecule has 2 saturated heterocycles. The van der Waals surface area contributed by atoms with Gasteiger partial charge in [0.2, 0.25) is 0 Å². The van der Waals surface area contributed by atoms with Gasteiger partial charge in [-0.05, 0) is 38.3 Å². The van der Waals surface area contributed by atoms with Crippen LogP contribution in [0.1, 0.15) is 31.7 Å². The first-order valence-corrected chi connectivity index (χ1v) is 7.32. The summed E-state index contributed by atoms with van der Waals surface area (Å²) in [6.07, 6.45) is 8.07. The first kappa shape index (κ1) is 12.2. The fraction of sp³-hybridized carbons (Fsp3) is 0.786. The lowest BCUT2D eigenvalue weighted by Gasteiger charge is -2.34.